The molecule has 1 heterocycles. The van der Waals surface area contributed by atoms with Crippen molar-refractivity contribution in [3.8, 4) is 17.2 Å². The summed E-state index contributed by atoms with van der Waals surface area (Å²) in [6.45, 7) is 0.262. The molecule has 3 aromatic rings. The van der Waals surface area contributed by atoms with E-state index in [4.69, 9.17) is 25.8 Å². The van der Waals surface area contributed by atoms with E-state index in [9.17, 15) is 14.4 Å². The molecular weight excluding hydrogens is 632 g/mol. The van der Waals surface area contributed by atoms with E-state index < -0.39 is 17.8 Å². The number of rotatable bonds is 7. The van der Waals surface area contributed by atoms with Crippen LogP contribution in [0.25, 0.3) is 6.08 Å². The highest BCUT2D eigenvalue weighted by Crippen LogP contribution is 2.39. The van der Waals surface area contributed by atoms with E-state index in [0.29, 0.717) is 15.8 Å². The number of nitrogens with one attached hydrogen (secondary N) is 1. The first-order valence-corrected chi connectivity index (χ1v) is 12.7. The molecule has 1 aliphatic heterocycles. The van der Waals surface area contributed by atoms with Gasteiger partial charge in [0, 0.05) is 26.6 Å². The second-order valence-electron chi connectivity index (χ2n) is 7.71. The Labute approximate surface area is 234 Å². The van der Waals surface area contributed by atoms with E-state index in [0.717, 1.165) is 14.9 Å². The maximum absolute atomic E-state index is 13.5. The normalized spacial score (nSPS) is 14.6. The summed E-state index contributed by atoms with van der Waals surface area (Å²) in [5, 5.41) is 2.43. The highest BCUT2D eigenvalue weighted by atomic mass is 79.9. The molecular formula is C26H19Br2ClN2O6. The first-order valence-electron chi connectivity index (χ1n) is 10.7. The number of imide groups is 2. The van der Waals surface area contributed by atoms with Gasteiger partial charge in [0.05, 0.1) is 24.9 Å². The third-order valence-electron chi connectivity index (χ3n) is 5.38. The molecule has 1 fully saturated rings. The average Bonchev–Trinajstić information content (AvgIpc) is 2.87. The van der Waals surface area contributed by atoms with Gasteiger partial charge in [0.15, 0.2) is 0 Å². The molecule has 4 amide bonds. The highest BCUT2D eigenvalue weighted by molar-refractivity contribution is 9.10. The van der Waals surface area contributed by atoms with E-state index in [1.165, 1.54) is 32.4 Å². The molecule has 0 aliphatic carbocycles. The Balaban J connectivity index is 1.72. The maximum atomic E-state index is 13.5. The van der Waals surface area contributed by atoms with Gasteiger partial charge >= 0.3 is 6.03 Å². The van der Waals surface area contributed by atoms with Gasteiger partial charge in [0.25, 0.3) is 11.8 Å². The lowest BCUT2D eigenvalue weighted by Crippen LogP contribution is -2.54. The van der Waals surface area contributed by atoms with Crippen LogP contribution in [-0.4, -0.2) is 32.1 Å². The summed E-state index contributed by atoms with van der Waals surface area (Å²) in [5.41, 5.74) is 1.17. The topological polar surface area (TPSA) is 94.2 Å². The third-order valence-corrected chi connectivity index (χ3v) is 6.69. The molecule has 1 aliphatic rings. The van der Waals surface area contributed by atoms with Gasteiger partial charge in [-0.1, -0.05) is 55.6 Å². The Morgan fingerprint density at radius 3 is 2.24 bits per heavy atom. The van der Waals surface area contributed by atoms with Crippen LogP contribution in [0.5, 0.6) is 17.2 Å². The zero-order valence-corrected chi connectivity index (χ0v) is 23.4. The van der Waals surface area contributed by atoms with Crippen molar-refractivity contribution in [2.45, 2.75) is 6.61 Å². The fourth-order valence-corrected chi connectivity index (χ4v) is 4.43. The number of carbonyl (C=O) groups is 3. The lowest BCUT2D eigenvalue weighted by atomic mass is 10.1. The van der Waals surface area contributed by atoms with Crippen LogP contribution in [0.1, 0.15) is 11.1 Å². The standard InChI is InChI=1S/C26H19Br2ClN2O6/c1-35-22-12-20(23(36-2)11-19(22)29)31-25(33)18(24(32)30-26(31)34)10-15-9-17(28)7-8-21(15)37-13-14-3-5-16(27)6-4-14/h3-12H,13H2,1-2H3,(H,30,32,34)/b18-10+. The maximum Gasteiger partial charge on any atom is 0.336 e. The molecule has 4 rings (SSSR count). The van der Waals surface area contributed by atoms with Gasteiger partial charge in [-0.3, -0.25) is 14.9 Å². The Hall–Kier alpha value is -3.34. The van der Waals surface area contributed by atoms with E-state index in [1.54, 1.807) is 18.2 Å². The SMILES string of the molecule is COc1cc(N2C(=O)NC(=O)/C(=C\c3cc(Br)ccc3OCc3ccc(Br)cc3)C2=O)c(OC)cc1Cl. The predicted octanol–water partition coefficient (Wildman–Crippen LogP) is 6.13. The van der Waals surface area contributed by atoms with E-state index in [1.807, 2.05) is 24.3 Å². The van der Waals surface area contributed by atoms with Crippen molar-refractivity contribution in [1.29, 1.82) is 0 Å². The highest BCUT2D eigenvalue weighted by Gasteiger charge is 2.38. The lowest BCUT2D eigenvalue weighted by Gasteiger charge is -2.28. The largest absolute Gasteiger partial charge is 0.495 e. The van der Waals surface area contributed by atoms with Crippen LogP contribution in [0.2, 0.25) is 5.02 Å². The molecule has 0 bridgehead atoms. The van der Waals surface area contributed by atoms with Crippen molar-refractivity contribution in [2.24, 2.45) is 0 Å². The van der Waals surface area contributed by atoms with Gasteiger partial charge in [-0.15, -0.1) is 0 Å². The summed E-state index contributed by atoms with van der Waals surface area (Å²) in [4.78, 5) is 39.8. The number of barbiturate groups is 1. The molecule has 0 radical (unpaired) electrons. The number of hydrogen-bond acceptors (Lipinski definition) is 6. The number of halogens is 3. The van der Waals surface area contributed by atoms with Crippen LogP contribution in [0.4, 0.5) is 10.5 Å². The van der Waals surface area contributed by atoms with Gasteiger partial charge in [-0.05, 0) is 42.0 Å². The van der Waals surface area contributed by atoms with E-state index in [-0.39, 0.29) is 34.4 Å². The molecule has 11 heteroatoms. The van der Waals surface area contributed by atoms with Crippen molar-refractivity contribution in [3.63, 3.8) is 0 Å². The van der Waals surface area contributed by atoms with Gasteiger partial charge in [0.1, 0.15) is 29.4 Å². The number of urea groups is 1. The Kier molecular flexibility index (Phi) is 8.21. The second kappa shape index (κ2) is 11.4. The number of ether oxygens (including phenoxy) is 3. The minimum atomic E-state index is -0.934. The number of hydrogen-bond donors (Lipinski definition) is 1. The van der Waals surface area contributed by atoms with Crippen LogP contribution < -0.4 is 24.4 Å². The van der Waals surface area contributed by atoms with Crippen molar-refractivity contribution in [2.75, 3.05) is 19.1 Å². The van der Waals surface area contributed by atoms with Crippen molar-refractivity contribution >= 4 is 73.1 Å². The first-order chi connectivity index (χ1) is 17.7. The van der Waals surface area contributed by atoms with Crippen molar-refractivity contribution in [3.05, 3.63) is 85.3 Å². The van der Waals surface area contributed by atoms with Gasteiger partial charge in [-0.2, -0.15) is 0 Å². The number of nitrogens with zero attached hydrogens (tertiary/aromatic N) is 1. The fourth-order valence-electron chi connectivity index (χ4n) is 3.56. The molecule has 3 aromatic carbocycles. The smallest absolute Gasteiger partial charge is 0.336 e. The van der Waals surface area contributed by atoms with Crippen LogP contribution in [-0.2, 0) is 16.2 Å². The van der Waals surface area contributed by atoms with Crippen LogP contribution in [0.3, 0.4) is 0 Å². The van der Waals surface area contributed by atoms with Crippen LogP contribution >= 0.6 is 43.5 Å². The van der Waals surface area contributed by atoms with Crippen LogP contribution in [0, 0.1) is 0 Å². The molecule has 37 heavy (non-hydrogen) atoms. The number of anilines is 1. The molecule has 0 atom stereocenters. The summed E-state index contributed by atoms with van der Waals surface area (Å²) >= 11 is 13.0. The fraction of sp³-hybridized carbons (Fsp3) is 0.115. The molecule has 190 valence electrons. The second-order valence-corrected chi connectivity index (χ2v) is 9.95. The Bertz CT molecular complexity index is 1430. The number of carbonyl (C=O) groups excluding carboxylic acids is 3. The molecule has 0 spiro atoms. The minimum Gasteiger partial charge on any atom is -0.495 e. The molecule has 0 aromatic heterocycles. The average molecular weight is 651 g/mol. The van der Waals surface area contributed by atoms with Crippen molar-refractivity contribution in [1.82, 2.24) is 5.32 Å². The summed E-state index contributed by atoms with van der Waals surface area (Å²) in [6.07, 6.45) is 1.37. The summed E-state index contributed by atoms with van der Waals surface area (Å²) in [7, 11) is 2.76. The van der Waals surface area contributed by atoms with Gasteiger partial charge in [0.2, 0.25) is 0 Å². The molecule has 8 nitrogen and oxygen atoms in total. The van der Waals surface area contributed by atoms with Crippen molar-refractivity contribution < 1.29 is 28.6 Å². The molecule has 1 N–H and O–H groups in total. The van der Waals surface area contributed by atoms with E-state index >= 15 is 0 Å². The van der Waals surface area contributed by atoms with E-state index in [2.05, 4.69) is 37.2 Å². The number of amides is 4. The molecule has 0 saturated carbocycles. The monoisotopic (exact) mass is 648 g/mol. The minimum absolute atomic E-state index is 0.0607. The van der Waals surface area contributed by atoms with Crippen LogP contribution in [0.15, 0.2) is 69.1 Å². The predicted molar refractivity (Wildman–Crippen MR) is 146 cm³/mol. The lowest BCUT2D eigenvalue weighted by molar-refractivity contribution is -0.122. The number of methoxy groups -OCH3 is 2. The zero-order valence-electron chi connectivity index (χ0n) is 19.5. The number of benzene rings is 3. The summed E-state index contributed by atoms with van der Waals surface area (Å²) in [6, 6.07) is 14.7. The van der Waals surface area contributed by atoms with Gasteiger partial charge < -0.3 is 14.2 Å². The third kappa shape index (κ3) is 5.82. The molecule has 0 unspecified atom stereocenters. The Morgan fingerprint density at radius 2 is 1.57 bits per heavy atom. The Morgan fingerprint density at radius 1 is 0.892 bits per heavy atom. The molecule has 1 saturated heterocycles. The van der Waals surface area contributed by atoms with Gasteiger partial charge in [-0.25, -0.2) is 9.69 Å². The summed E-state index contributed by atoms with van der Waals surface area (Å²) in [5.74, 6) is -0.895. The first kappa shape index (κ1) is 26.7. The zero-order chi connectivity index (χ0) is 26.7. The quantitative estimate of drug-likeness (QED) is 0.245. The summed E-state index contributed by atoms with van der Waals surface area (Å²) < 4.78 is 18.2.